The highest BCUT2D eigenvalue weighted by Gasteiger charge is 2.57. The SMILES string of the molecule is CNC(=O)C1C(NC(=O)C(=NOC)c2csc(N)n2)C(=O)N1S(=O)(=O)O. The van der Waals surface area contributed by atoms with Crippen molar-refractivity contribution in [2.75, 3.05) is 19.9 Å². The Morgan fingerprint density at radius 2 is 2.15 bits per heavy atom. The molecule has 0 bridgehead atoms. The van der Waals surface area contributed by atoms with Crippen molar-refractivity contribution < 1.29 is 32.2 Å². The van der Waals surface area contributed by atoms with Gasteiger partial charge in [-0.05, 0) is 0 Å². The second-order valence-corrected chi connectivity index (χ2v) is 6.99. The second-order valence-electron chi connectivity index (χ2n) is 4.82. The summed E-state index contributed by atoms with van der Waals surface area (Å²) >= 11 is 1.03. The van der Waals surface area contributed by atoms with Gasteiger partial charge in [0.25, 0.3) is 11.8 Å². The number of nitrogens with two attached hydrogens (primary N) is 1. The minimum Gasteiger partial charge on any atom is -0.398 e. The van der Waals surface area contributed by atoms with Crippen LogP contribution in [0.15, 0.2) is 10.5 Å². The van der Waals surface area contributed by atoms with Gasteiger partial charge in [-0.25, -0.2) is 4.98 Å². The normalized spacial score (nSPS) is 20.3. The number of anilines is 1. The van der Waals surface area contributed by atoms with Gasteiger partial charge in [-0.3, -0.25) is 18.9 Å². The first-order valence-electron chi connectivity index (χ1n) is 6.77. The van der Waals surface area contributed by atoms with Crippen molar-refractivity contribution in [3.63, 3.8) is 0 Å². The molecule has 1 aliphatic heterocycles. The molecular formula is C11H14N6O7S2. The molecule has 2 atom stereocenters. The van der Waals surface area contributed by atoms with Crippen LogP contribution in [-0.4, -0.2) is 71.9 Å². The molecule has 0 aromatic carbocycles. The van der Waals surface area contributed by atoms with Crippen LogP contribution in [0.3, 0.4) is 0 Å². The molecule has 1 aliphatic rings. The predicted molar refractivity (Wildman–Crippen MR) is 88.3 cm³/mol. The lowest BCUT2D eigenvalue weighted by molar-refractivity contribution is -0.151. The monoisotopic (exact) mass is 406 g/mol. The molecule has 0 radical (unpaired) electrons. The van der Waals surface area contributed by atoms with Gasteiger partial charge in [0.1, 0.15) is 18.8 Å². The van der Waals surface area contributed by atoms with Gasteiger partial charge in [-0.2, -0.15) is 12.7 Å². The molecule has 1 aromatic rings. The number of aromatic nitrogens is 1. The van der Waals surface area contributed by atoms with Crippen LogP contribution in [0.4, 0.5) is 5.13 Å². The maximum atomic E-state index is 12.4. The average Bonchev–Trinajstić information content (AvgIpc) is 2.98. The minimum atomic E-state index is -4.98. The fraction of sp³-hybridized carbons (Fsp3) is 0.364. The lowest BCUT2D eigenvalue weighted by atomic mass is 9.97. The maximum absolute atomic E-state index is 12.4. The third-order valence-electron chi connectivity index (χ3n) is 3.26. The van der Waals surface area contributed by atoms with E-state index in [1.54, 1.807) is 0 Å². The number of carbonyl (C=O) groups excluding carboxylic acids is 3. The van der Waals surface area contributed by atoms with Gasteiger partial charge in [-0.1, -0.05) is 5.16 Å². The summed E-state index contributed by atoms with van der Waals surface area (Å²) in [5, 5.41) is 9.38. The molecule has 1 fully saturated rings. The Morgan fingerprint density at radius 3 is 2.62 bits per heavy atom. The van der Waals surface area contributed by atoms with Crippen LogP contribution < -0.4 is 16.4 Å². The number of oxime groups is 1. The molecular weight excluding hydrogens is 392 g/mol. The molecule has 15 heteroatoms. The summed E-state index contributed by atoms with van der Waals surface area (Å²) in [6.45, 7) is 0. The van der Waals surface area contributed by atoms with Crippen LogP contribution in [0.2, 0.25) is 0 Å². The van der Waals surface area contributed by atoms with E-state index >= 15 is 0 Å². The van der Waals surface area contributed by atoms with Crippen molar-refractivity contribution in [1.29, 1.82) is 0 Å². The lowest BCUT2D eigenvalue weighted by Gasteiger charge is -2.42. The summed E-state index contributed by atoms with van der Waals surface area (Å²) in [7, 11) is -2.61. The summed E-state index contributed by atoms with van der Waals surface area (Å²) in [5.74, 6) is -3.06. The smallest absolute Gasteiger partial charge is 0.363 e. The molecule has 3 amide bonds. The van der Waals surface area contributed by atoms with Gasteiger partial charge >= 0.3 is 10.3 Å². The molecule has 0 aliphatic carbocycles. The Balaban J connectivity index is 2.27. The summed E-state index contributed by atoms with van der Waals surface area (Å²) in [4.78, 5) is 44.6. The highest BCUT2D eigenvalue weighted by atomic mass is 32.2. The molecule has 5 N–H and O–H groups in total. The van der Waals surface area contributed by atoms with E-state index < -0.39 is 40.1 Å². The summed E-state index contributed by atoms with van der Waals surface area (Å²) < 4.78 is 31.5. The number of likely N-dealkylation sites (N-methyl/N-ethyl adjacent to an activating group) is 1. The molecule has 26 heavy (non-hydrogen) atoms. The molecule has 2 heterocycles. The van der Waals surface area contributed by atoms with E-state index in [4.69, 9.17) is 10.3 Å². The number of amides is 3. The van der Waals surface area contributed by atoms with Crippen molar-refractivity contribution in [3.8, 4) is 0 Å². The zero-order valence-corrected chi connectivity index (χ0v) is 15.0. The van der Waals surface area contributed by atoms with Gasteiger partial charge in [0.15, 0.2) is 16.9 Å². The summed E-state index contributed by atoms with van der Waals surface area (Å²) in [5.41, 5.74) is 5.21. The zero-order valence-electron chi connectivity index (χ0n) is 13.4. The standard InChI is InChI=1S/C11H14N6O7S2/c1-13-9(19)7-6(10(20)17(7)26(21,22)23)15-8(18)5(16-24-2)4-3-25-11(12)14-4/h3,6-7H,1-2H3,(H2,12,14)(H,13,19)(H,15,18)(H,21,22,23). The van der Waals surface area contributed by atoms with Crippen molar-refractivity contribution in [1.82, 2.24) is 19.9 Å². The number of nitrogens with one attached hydrogen (secondary N) is 2. The number of nitrogens with zero attached hydrogens (tertiary/aromatic N) is 3. The Bertz CT molecular complexity index is 879. The fourth-order valence-electron chi connectivity index (χ4n) is 2.17. The summed E-state index contributed by atoms with van der Waals surface area (Å²) in [6.07, 6.45) is 0. The van der Waals surface area contributed by atoms with E-state index in [0.717, 1.165) is 11.3 Å². The van der Waals surface area contributed by atoms with E-state index in [9.17, 15) is 22.8 Å². The van der Waals surface area contributed by atoms with Crippen molar-refractivity contribution in [3.05, 3.63) is 11.1 Å². The third kappa shape index (κ3) is 3.58. The molecule has 0 spiro atoms. The average molecular weight is 406 g/mol. The first kappa shape index (κ1) is 19.5. The first-order valence-corrected chi connectivity index (χ1v) is 9.05. The van der Waals surface area contributed by atoms with Crippen LogP contribution in [0.1, 0.15) is 5.69 Å². The highest BCUT2D eigenvalue weighted by molar-refractivity contribution is 7.84. The van der Waals surface area contributed by atoms with Gasteiger partial charge in [0.05, 0.1) is 0 Å². The fourth-order valence-corrected chi connectivity index (χ4v) is 3.56. The van der Waals surface area contributed by atoms with Crippen LogP contribution >= 0.6 is 11.3 Å². The lowest BCUT2D eigenvalue weighted by Crippen LogP contribution is -2.75. The molecule has 2 unspecified atom stereocenters. The number of thiazole rings is 1. The van der Waals surface area contributed by atoms with Crippen LogP contribution in [-0.2, 0) is 29.5 Å². The van der Waals surface area contributed by atoms with Crippen LogP contribution in [0.25, 0.3) is 0 Å². The number of hydrogen-bond donors (Lipinski definition) is 4. The molecule has 142 valence electrons. The predicted octanol–water partition coefficient (Wildman–Crippen LogP) is -2.68. The van der Waals surface area contributed by atoms with Crippen molar-refractivity contribution in [2.45, 2.75) is 12.1 Å². The molecule has 0 saturated carbocycles. The Labute approximate surface area is 151 Å². The number of β-lactam (4-membered cyclic amide) rings is 1. The number of hydrogen-bond acceptors (Lipinski definition) is 10. The van der Waals surface area contributed by atoms with Crippen molar-refractivity contribution >= 4 is 50.2 Å². The van der Waals surface area contributed by atoms with Crippen LogP contribution in [0, 0.1) is 0 Å². The molecule has 1 saturated heterocycles. The molecule has 2 rings (SSSR count). The Kier molecular flexibility index (Phi) is 5.43. The second kappa shape index (κ2) is 7.22. The quantitative estimate of drug-likeness (QED) is 0.168. The first-order chi connectivity index (χ1) is 12.1. The van der Waals surface area contributed by atoms with Gasteiger partial charge in [-0.15, -0.1) is 11.3 Å². The van der Waals surface area contributed by atoms with E-state index in [-0.39, 0.29) is 20.8 Å². The van der Waals surface area contributed by atoms with Crippen molar-refractivity contribution in [2.24, 2.45) is 5.16 Å². The number of rotatable bonds is 6. The largest absolute Gasteiger partial charge is 0.398 e. The third-order valence-corrected chi connectivity index (χ3v) is 4.84. The molecule has 13 nitrogen and oxygen atoms in total. The Morgan fingerprint density at radius 1 is 1.50 bits per heavy atom. The van der Waals surface area contributed by atoms with Gasteiger partial charge in [0, 0.05) is 12.4 Å². The molecule has 1 aromatic heterocycles. The van der Waals surface area contributed by atoms with E-state index in [2.05, 4.69) is 25.6 Å². The van der Waals surface area contributed by atoms with E-state index in [1.165, 1.54) is 19.5 Å². The van der Waals surface area contributed by atoms with E-state index in [1.807, 2.05) is 0 Å². The van der Waals surface area contributed by atoms with Crippen LogP contribution in [0.5, 0.6) is 0 Å². The zero-order chi connectivity index (χ0) is 19.6. The minimum absolute atomic E-state index is 0.0370. The highest BCUT2D eigenvalue weighted by Crippen LogP contribution is 2.24. The topological polar surface area (TPSA) is 193 Å². The number of nitrogen functional groups attached to an aromatic ring is 1. The van der Waals surface area contributed by atoms with Gasteiger partial charge in [0.2, 0.25) is 5.91 Å². The summed E-state index contributed by atoms with van der Waals surface area (Å²) in [6, 6.07) is -3.20. The maximum Gasteiger partial charge on any atom is 0.363 e. The number of carbonyl (C=O) groups is 3. The Hall–Kier alpha value is -2.78. The van der Waals surface area contributed by atoms with Gasteiger partial charge < -0.3 is 21.2 Å². The van der Waals surface area contributed by atoms with E-state index in [0.29, 0.717) is 0 Å².